The smallest absolute Gasteiger partial charge is 0.140 e. The number of aromatic nitrogens is 2. The van der Waals surface area contributed by atoms with E-state index in [-0.39, 0.29) is 0 Å². The van der Waals surface area contributed by atoms with Crippen LogP contribution >= 0.6 is 39.1 Å². The third kappa shape index (κ3) is 2.38. The molecule has 3 rings (SSSR count). The molecule has 0 amide bonds. The molecule has 1 aromatic heterocycles. The van der Waals surface area contributed by atoms with Gasteiger partial charge in [-0.3, -0.25) is 0 Å². The maximum Gasteiger partial charge on any atom is 0.140 e. The molecule has 1 N–H and O–H groups in total. The molecule has 5 heteroatoms. The summed E-state index contributed by atoms with van der Waals surface area (Å²) in [4.78, 5) is 7.86. The van der Waals surface area contributed by atoms with Gasteiger partial charge in [-0.05, 0) is 58.7 Å². The summed E-state index contributed by atoms with van der Waals surface area (Å²) in [6.07, 6.45) is 0. The maximum absolute atomic E-state index is 6.20. The fraction of sp³-hybridized carbons (Fsp3) is 0.0714. The van der Waals surface area contributed by atoms with E-state index in [4.69, 9.17) is 23.2 Å². The van der Waals surface area contributed by atoms with Crippen LogP contribution in [-0.2, 0) is 0 Å². The average Bonchev–Trinajstić information content (AvgIpc) is 2.76. The molecule has 0 fully saturated rings. The first-order chi connectivity index (χ1) is 9.04. The highest BCUT2D eigenvalue weighted by Gasteiger charge is 2.11. The van der Waals surface area contributed by atoms with Crippen molar-refractivity contribution in [1.82, 2.24) is 9.97 Å². The van der Waals surface area contributed by atoms with Crippen molar-refractivity contribution in [3.63, 3.8) is 0 Å². The largest absolute Gasteiger partial charge is 0.338 e. The number of fused-ring (bicyclic) bond motifs is 1. The first-order valence-electron chi connectivity index (χ1n) is 5.66. The molecule has 0 atom stereocenters. The number of hydrogen-bond acceptors (Lipinski definition) is 1. The van der Waals surface area contributed by atoms with Gasteiger partial charge in [0, 0.05) is 15.1 Å². The third-order valence-corrected chi connectivity index (χ3v) is 4.04. The molecule has 0 unspecified atom stereocenters. The summed E-state index contributed by atoms with van der Waals surface area (Å²) in [5.41, 5.74) is 3.82. The van der Waals surface area contributed by atoms with Crippen molar-refractivity contribution in [3.8, 4) is 11.4 Å². The molecular formula is C14H9BrCl2N2. The van der Waals surface area contributed by atoms with Gasteiger partial charge in [0.15, 0.2) is 0 Å². The van der Waals surface area contributed by atoms with E-state index >= 15 is 0 Å². The van der Waals surface area contributed by atoms with E-state index in [1.54, 1.807) is 12.1 Å². The van der Waals surface area contributed by atoms with Crippen molar-refractivity contribution < 1.29 is 0 Å². The van der Waals surface area contributed by atoms with Gasteiger partial charge in [0.05, 0.1) is 10.5 Å². The molecule has 3 aromatic rings. The van der Waals surface area contributed by atoms with E-state index in [9.17, 15) is 0 Å². The third-order valence-electron chi connectivity index (χ3n) is 2.87. The summed E-state index contributed by atoms with van der Waals surface area (Å²) in [6, 6.07) is 9.42. The Kier molecular flexibility index (Phi) is 3.29. The Hall–Kier alpha value is -1.03. The standard InChI is InChI=1S/C14H9BrCl2N2/c1-7-4-10(15)13-12(5-7)18-14(19-13)9-6-8(16)2-3-11(9)17/h2-6H,1H3,(H,18,19). The van der Waals surface area contributed by atoms with E-state index in [1.165, 1.54) is 0 Å². The number of nitrogens with one attached hydrogen (secondary N) is 1. The van der Waals surface area contributed by atoms with Gasteiger partial charge in [0.25, 0.3) is 0 Å². The molecule has 96 valence electrons. The summed E-state index contributed by atoms with van der Waals surface area (Å²) in [6.45, 7) is 2.04. The summed E-state index contributed by atoms with van der Waals surface area (Å²) >= 11 is 15.7. The molecular weight excluding hydrogens is 347 g/mol. The zero-order chi connectivity index (χ0) is 13.6. The summed E-state index contributed by atoms with van der Waals surface area (Å²) in [5, 5.41) is 1.26. The molecule has 1 heterocycles. The quantitative estimate of drug-likeness (QED) is 0.604. The number of imidazole rings is 1. The predicted octanol–water partition coefficient (Wildman–Crippen LogP) is 5.61. The van der Waals surface area contributed by atoms with Gasteiger partial charge >= 0.3 is 0 Å². The van der Waals surface area contributed by atoms with Crippen LogP contribution in [-0.4, -0.2) is 9.97 Å². The van der Waals surface area contributed by atoms with Gasteiger partial charge in [-0.25, -0.2) is 4.98 Å². The van der Waals surface area contributed by atoms with Crippen molar-refractivity contribution in [2.75, 3.05) is 0 Å². The molecule has 0 spiro atoms. The SMILES string of the molecule is Cc1cc(Br)c2nc(-c3cc(Cl)ccc3Cl)[nH]c2c1. The summed E-state index contributed by atoms with van der Waals surface area (Å²) in [5.74, 6) is 0.716. The van der Waals surface area contributed by atoms with Gasteiger partial charge in [-0.2, -0.15) is 0 Å². The molecule has 0 aliphatic carbocycles. The molecule has 2 nitrogen and oxygen atoms in total. The maximum atomic E-state index is 6.20. The summed E-state index contributed by atoms with van der Waals surface area (Å²) in [7, 11) is 0. The second-order valence-electron chi connectivity index (χ2n) is 4.35. The number of H-pyrrole nitrogens is 1. The highest BCUT2D eigenvalue weighted by atomic mass is 79.9. The molecule has 0 bridgehead atoms. The van der Waals surface area contributed by atoms with Crippen LogP contribution in [0.2, 0.25) is 10.0 Å². The zero-order valence-corrected chi connectivity index (χ0v) is 13.1. The van der Waals surface area contributed by atoms with Crippen molar-refractivity contribution in [2.45, 2.75) is 6.92 Å². The van der Waals surface area contributed by atoms with Gasteiger partial charge in [-0.1, -0.05) is 23.2 Å². The number of rotatable bonds is 1. The van der Waals surface area contributed by atoms with Gasteiger partial charge in [0.2, 0.25) is 0 Å². The predicted molar refractivity (Wildman–Crippen MR) is 84.0 cm³/mol. The molecule has 2 aromatic carbocycles. The number of aromatic amines is 1. The van der Waals surface area contributed by atoms with Crippen molar-refractivity contribution in [3.05, 3.63) is 50.4 Å². The molecule has 0 saturated carbocycles. The van der Waals surface area contributed by atoms with E-state index in [0.29, 0.717) is 15.9 Å². The second-order valence-corrected chi connectivity index (χ2v) is 6.05. The number of halogens is 3. The number of nitrogens with zero attached hydrogens (tertiary/aromatic N) is 1. The minimum atomic E-state index is 0.622. The van der Waals surface area contributed by atoms with E-state index < -0.39 is 0 Å². The van der Waals surface area contributed by atoms with E-state index in [1.807, 2.05) is 19.1 Å². The minimum Gasteiger partial charge on any atom is -0.338 e. The topological polar surface area (TPSA) is 28.7 Å². The monoisotopic (exact) mass is 354 g/mol. The zero-order valence-electron chi connectivity index (χ0n) is 9.97. The number of benzene rings is 2. The lowest BCUT2D eigenvalue weighted by molar-refractivity contribution is 1.33. The number of hydrogen-bond donors (Lipinski definition) is 1. The van der Waals surface area contributed by atoms with Crippen LogP contribution in [0.1, 0.15) is 5.56 Å². The highest BCUT2D eigenvalue weighted by molar-refractivity contribution is 9.10. The Morgan fingerprint density at radius 3 is 2.74 bits per heavy atom. The second kappa shape index (κ2) is 4.82. The Balaban J connectivity index is 2.26. The van der Waals surface area contributed by atoms with Crippen LogP contribution in [0.3, 0.4) is 0 Å². The normalized spacial score (nSPS) is 11.2. The van der Waals surface area contributed by atoms with Crippen molar-refractivity contribution >= 4 is 50.2 Å². The van der Waals surface area contributed by atoms with Crippen molar-refractivity contribution in [2.24, 2.45) is 0 Å². The van der Waals surface area contributed by atoms with Crippen LogP contribution < -0.4 is 0 Å². The Morgan fingerprint density at radius 1 is 1.16 bits per heavy atom. The number of aryl methyl sites for hydroxylation is 1. The first kappa shape index (κ1) is 13.0. The molecule has 0 saturated heterocycles. The van der Waals surface area contributed by atoms with Crippen molar-refractivity contribution in [1.29, 1.82) is 0 Å². The van der Waals surface area contributed by atoms with Crippen LogP contribution in [0.15, 0.2) is 34.8 Å². The molecule has 0 aliphatic heterocycles. The molecule has 0 aliphatic rings. The highest BCUT2D eigenvalue weighted by Crippen LogP contribution is 2.32. The lowest BCUT2D eigenvalue weighted by Crippen LogP contribution is -1.82. The van der Waals surface area contributed by atoms with Gasteiger partial charge in [0.1, 0.15) is 11.3 Å². The van der Waals surface area contributed by atoms with Crippen LogP contribution in [0, 0.1) is 6.92 Å². The van der Waals surface area contributed by atoms with E-state index in [2.05, 4.69) is 32.0 Å². The van der Waals surface area contributed by atoms with Gasteiger partial charge < -0.3 is 4.98 Å². The lowest BCUT2D eigenvalue weighted by Gasteiger charge is -2.00. The lowest BCUT2D eigenvalue weighted by atomic mass is 10.2. The van der Waals surface area contributed by atoms with Gasteiger partial charge in [-0.15, -0.1) is 0 Å². The Bertz CT molecular complexity index is 780. The molecule has 19 heavy (non-hydrogen) atoms. The Labute approximate surface area is 128 Å². The average molecular weight is 356 g/mol. The first-order valence-corrected chi connectivity index (χ1v) is 7.21. The summed E-state index contributed by atoms with van der Waals surface area (Å²) < 4.78 is 0.961. The fourth-order valence-electron chi connectivity index (χ4n) is 2.02. The fourth-order valence-corrected chi connectivity index (χ4v) is 3.06. The Morgan fingerprint density at radius 2 is 1.95 bits per heavy atom. The molecule has 0 radical (unpaired) electrons. The van der Waals surface area contributed by atoms with Crippen LogP contribution in [0.4, 0.5) is 0 Å². The van der Waals surface area contributed by atoms with Crippen LogP contribution in [0.5, 0.6) is 0 Å². The minimum absolute atomic E-state index is 0.622. The van der Waals surface area contributed by atoms with Crippen LogP contribution in [0.25, 0.3) is 22.4 Å². The van der Waals surface area contributed by atoms with E-state index in [0.717, 1.165) is 26.6 Å².